The van der Waals surface area contributed by atoms with E-state index in [-0.39, 0.29) is 24.4 Å². The third-order valence-electron chi connectivity index (χ3n) is 4.21. The first-order valence-electron chi connectivity index (χ1n) is 8.16. The molecule has 7 nitrogen and oxygen atoms in total. The van der Waals surface area contributed by atoms with E-state index in [1.165, 1.54) is 6.92 Å². The van der Waals surface area contributed by atoms with Crippen molar-refractivity contribution in [1.29, 1.82) is 0 Å². The molecule has 1 unspecified atom stereocenters. The van der Waals surface area contributed by atoms with Crippen molar-refractivity contribution in [1.82, 2.24) is 9.97 Å². The van der Waals surface area contributed by atoms with Gasteiger partial charge < -0.3 is 15.2 Å². The summed E-state index contributed by atoms with van der Waals surface area (Å²) in [6.07, 6.45) is -0.740. The van der Waals surface area contributed by atoms with Crippen molar-refractivity contribution in [3.05, 3.63) is 45.8 Å². The van der Waals surface area contributed by atoms with Gasteiger partial charge >= 0.3 is 6.09 Å². The van der Waals surface area contributed by atoms with E-state index in [1.54, 1.807) is 18.2 Å². The van der Waals surface area contributed by atoms with Gasteiger partial charge in [0.2, 0.25) is 5.95 Å². The maximum atomic E-state index is 14.3. The molecule has 1 saturated heterocycles. The quantitative estimate of drug-likeness (QED) is 0.773. The van der Waals surface area contributed by atoms with E-state index < -0.39 is 24.1 Å². The van der Waals surface area contributed by atoms with Gasteiger partial charge in [-0.25, -0.2) is 19.1 Å². The summed E-state index contributed by atoms with van der Waals surface area (Å²) in [5.41, 5.74) is 0.821. The van der Waals surface area contributed by atoms with Crippen molar-refractivity contribution in [3.63, 3.8) is 0 Å². The minimum Gasteiger partial charge on any atom is -0.447 e. The molecule has 1 amide bonds. The van der Waals surface area contributed by atoms with Gasteiger partial charge in [0.05, 0.1) is 28.4 Å². The molecule has 144 valence electrons. The van der Waals surface area contributed by atoms with Gasteiger partial charge in [0.25, 0.3) is 0 Å². The van der Waals surface area contributed by atoms with Gasteiger partial charge in [0.15, 0.2) is 11.6 Å². The average Bonchev–Trinajstić information content (AvgIpc) is 3.00. The molecule has 0 bridgehead atoms. The standard InChI is InChI=1S/C17H17Cl2FN4O3/c1-8(10-3-4-11(18)12(19)5-10)22-16-21-6-13(20)15(23-16)24-14(9(2)25)7-27-17(24)26/h3-6,8-9,14,25H,7H2,1-2H3,(H,21,22,23)/t8-,9+,14?/m0/s1. The predicted molar refractivity (Wildman–Crippen MR) is 99.8 cm³/mol. The summed E-state index contributed by atoms with van der Waals surface area (Å²) < 4.78 is 19.2. The first kappa shape index (κ1) is 19.6. The Morgan fingerprint density at radius 2 is 2.11 bits per heavy atom. The number of anilines is 2. The fourth-order valence-electron chi connectivity index (χ4n) is 2.69. The van der Waals surface area contributed by atoms with Crippen LogP contribution in [0.1, 0.15) is 25.5 Å². The molecule has 2 aromatic rings. The fourth-order valence-corrected chi connectivity index (χ4v) is 3.00. The van der Waals surface area contributed by atoms with Crippen LogP contribution < -0.4 is 10.2 Å². The van der Waals surface area contributed by atoms with E-state index in [0.717, 1.165) is 16.7 Å². The lowest BCUT2D eigenvalue weighted by Gasteiger charge is -2.23. The molecule has 0 radical (unpaired) electrons. The Hall–Kier alpha value is -2.16. The number of aromatic nitrogens is 2. The molecule has 1 aromatic carbocycles. The number of benzene rings is 1. The number of halogens is 3. The highest BCUT2D eigenvalue weighted by Gasteiger charge is 2.39. The number of aliphatic hydroxyl groups excluding tert-OH is 1. The smallest absolute Gasteiger partial charge is 0.416 e. The zero-order valence-corrected chi connectivity index (χ0v) is 16.0. The molecule has 0 aliphatic carbocycles. The van der Waals surface area contributed by atoms with Gasteiger partial charge in [-0.3, -0.25) is 0 Å². The zero-order chi connectivity index (χ0) is 19.7. The highest BCUT2D eigenvalue weighted by Crippen LogP contribution is 2.29. The molecule has 1 aliphatic rings. The summed E-state index contributed by atoms with van der Waals surface area (Å²) in [5, 5.41) is 13.7. The normalized spacial score (nSPS) is 19.0. The van der Waals surface area contributed by atoms with E-state index in [4.69, 9.17) is 27.9 Å². The first-order chi connectivity index (χ1) is 12.8. The third-order valence-corrected chi connectivity index (χ3v) is 4.94. The molecule has 0 spiro atoms. The van der Waals surface area contributed by atoms with Crippen molar-refractivity contribution in [2.45, 2.75) is 32.0 Å². The van der Waals surface area contributed by atoms with Crippen LogP contribution in [0, 0.1) is 5.82 Å². The third kappa shape index (κ3) is 4.07. The van der Waals surface area contributed by atoms with Crippen molar-refractivity contribution >= 4 is 41.1 Å². The second-order valence-electron chi connectivity index (χ2n) is 6.16. The van der Waals surface area contributed by atoms with Crippen molar-refractivity contribution < 1.29 is 19.0 Å². The average molecular weight is 415 g/mol. The van der Waals surface area contributed by atoms with E-state index in [1.807, 2.05) is 6.92 Å². The van der Waals surface area contributed by atoms with Crippen LogP contribution in [0.5, 0.6) is 0 Å². The highest BCUT2D eigenvalue weighted by molar-refractivity contribution is 6.42. The molecule has 27 heavy (non-hydrogen) atoms. The van der Waals surface area contributed by atoms with Crippen LogP contribution in [-0.2, 0) is 4.74 Å². The topological polar surface area (TPSA) is 87.6 Å². The maximum absolute atomic E-state index is 14.3. The number of ether oxygens (including phenoxy) is 1. The van der Waals surface area contributed by atoms with Crippen LogP contribution in [0.25, 0.3) is 0 Å². The Bertz CT molecular complexity index is 868. The molecule has 3 atom stereocenters. The first-order valence-corrected chi connectivity index (χ1v) is 8.91. The lowest BCUT2D eigenvalue weighted by atomic mass is 10.1. The summed E-state index contributed by atoms with van der Waals surface area (Å²) in [7, 11) is 0. The van der Waals surface area contributed by atoms with E-state index in [0.29, 0.717) is 10.0 Å². The Kier molecular flexibility index (Phi) is 5.69. The number of carbonyl (C=O) groups excluding carboxylic acids is 1. The SMILES string of the molecule is C[C@H](Nc1ncc(F)c(N2C(=O)OCC2[C@@H](C)O)n1)c1ccc(Cl)c(Cl)c1. The second kappa shape index (κ2) is 7.84. The summed E-state index contributed by atoms with van der Waals surface area (Å²) in [4.78, 5) is 21.0. The number of carbonyl (C=O) groups is 1. The minimum absolute atomic E-state index is 0.0532. The molecule has 1 aromatic heterocycles. The van der Waals surface area contributed by atoms with Gasteiger partial charge in [0, 0.05) is 0 Å². The molecule has 1 fully saturated rings. The van der Waals surface area contributed by atoms with Crippen LogP contribution in [0.4, 0.5) is 21.0 Å². The van der Waals surface area contributed by atoms with Crippen LogP contribution in [0.3, 0.4) is 0 Å². The largest absolute Gasteiger partial charge is 0.447 e. The predicted octanol–water partition coefficient (Wildman–Crippen LogP) is 3.80. The number of hydrogen-bond acceptors (Lipinski definition) is 6. The molecule has 1 aliphatic heterocycles. The molecule has 2 heterocycles. The molecule has 10 heteroatoms. The van der Waals surface area contributed by atoms with E-state index >= 15 is 0 Å². The molecule has 3 rings (SSSR count). The minimum atomic E-state index is -0.919. The number of cyclic esters (lactones) is 1. The van der Waals surface area contributed by atoms with Crippen LogP contribution in [0.2, 0.25) is 10.0 Å². The summed E-state index contributed by atoms with van der Waals surface area (Å²) in [6.45, 7) is 3.28. The van der Waals surface area contributed by atoms with Crippen LogP contribution in [0.15, 0.2) is 24.4 Å². The Balaban J connectivity index is 1.86. The van der Waals surface area contributed by atoms with Crippen molar-refractivity contribution in [3.8, 4) is 0 Å². The summed E-state index contributed by atoms with van der Waals surface area (Å²) in [5.74, 6) is -0.955. The number of amides is 1. The van der Waals surface area contributed by atoms with Crippen molar-refractivity contribution in [2.24, 2.45) is 0 Å². The van der Waals surface area contributed by atoms with Gasteiger partial charge in [-0.15, -0.1) is 0 Å². The van der Waals surface area contributed by atoms with Crippen LogP contribution in [-0.4, -0.2) is 39.9 Å². The molecular formula is C17H17Cl2FN4O3. The lowest BCUT2D eigenvalue weighted by molar-refractivity contribution is 0.142. The zero-order valence-electron chi connectivity index (χ0n) is 14.5. The van der Waals surface area contributed by atoms with Crippen LogP contribution >= 0.6 is 23.2 Å². The highest BCUT2D eigenvalue weighted by atomic mass is 35.5. The number of nitrogens with one attached hydrogen (secondary N) is 1. The summed E-state index contributed by atoms with van der Waals surface area (Å²) in [6, 6.07) is 4.16. The van der Waals surface area contributed by atoms with Gasteiger partial charge in [-0.05, 0) is 31.5 Å². The van der Waals surface area contributed by atoms with Gasteiger partial charge in [-0.2, -0.15) is 4.98 Å². The molecule has 2 N–H and O–H groups in total. The lowest BCUT2D eigenvalue weighted by Crippen LogP contribution is -2.42. The number of rotatable bonds is 5. The second-order valence-corrected chi connectivity index (χ2v) is 6.97. The molecular weight excluding hydrogens is 398 g/mol. The molecule has 0 saturated carbocycles. The Labute approximate surface area is 165 Å². The Morgan fingerprint density at radius 1 is 1.37 bits per heavy atom. The Morgan fingerprint density at radius 3 is 2.78 bits per heavy atom. The number of aliphatic hydroxyl groups is 1. The summed E-state index contributed by atoms with van der Waals surface area (Å²) >= 11 is 12.0. The number of hydrogen-bond donors (Lipinski definition) is 2. The fraction of sp³-hybridized carbons (Fsp3) is 0.353. The number of nitrogens with zero attached hydrogens (tertiary/aromatic N) is 3. The van der Waals surface area contributed by atoms with Gasteiger partial charge in [0.1, 0.15) is 12.6 Å². The maximum Gasteiger partial charge on any atom is 0.416 e. The van der Waals surface area contributed by atoms with Gasteiger partial charge in [-0.1, -0.05) is 29.3 Å². The van der Waals surface area contributed by atoms with E-state index in [2.05, 4.69) is 15.3 Å². The monoisotopic (exact) mass is 414 g/mol. The van der Waals surface area contributed by atoms with Crippen molar-refractivity contribution in [2.75, 3.05) is 16.8 Å². The van der Waals surface area contributed by atoms with E-state index in [9.17, 15) is 14.3 Å².